The second kappa shape index (κ2) is 6.29. The van der Waals surface area contributed by atoms with Crippen molar-refractivity contribution in [2.24, 2.45) is 0 Å². The third kappa shape index (κ3) is 4.13. The van der Waals surface area contributed by atoms with Gasteiger partial charge in [0.25, 0.3) is 0 Å². The summed E-state index contributed by atoms with van der Waals surface area (Å²) in [6.07, 6.45) is 3.32. The van der Waals surface area contributed by atoms with Gasteiger partial charge >= 0.3 is 0 Å². The standard InChI is InChI=1S/C16H25NO2/c1-4-8-16(2,3)17-12-13-6-7-14-15(11-13)19-10-5-9-18-14/h6-7,11,17H,4-5,8-10,12H2,1-3H3. The molecule has 0 fully saturated rings. The summed E-state index contributed by atoms with van der Waals surface area (Å²) in [5, 5.41) is 3.60. The van der Waals surface area contributed by atoms with E-state index in [0.717, 1.165) is 37.7 Å². The van der Waals surface area contributed by atoms with Gasteiger partial charge in [-0.1, -0.05) is 19.4 Å². The summed E-state index contributed by atoms with van der Waals surface area (Å²) >= 11 is 0. The zero-order valence-corrected chi connectivity index (χ0v) is 12.3. The van der Waals surface area contributed by atoms with E-state index in [4.69, 9.17) is 9.47 Å². The van der Waals surface area contributed by atoms with Crippen LogP contribution in [0.2, 0.25) is 0 Å². The van der Waals surface area contributed by atoms with Crippen molar-refractivity contribution >= 4 is 0 Å². The van der Waals surface area contributed by atoms with Crippen LogP contribution in [0.3, 0.4) is 0 Å². The predicted octanol–water partition coefficient (Wildman–Crippen LogP) is 3.52. The fraction of sp³-hybridized carbons (Fsp3) is 0.625. The lowest BCUT2D eigenvalue weighted by atomic mass is 9.98. The molecule has 0 amide bonds. The summed E-state index contributed by atoms with van der Waals surface area (Å²) in [6.45, 7) is 9.07. The minimum Gasteiger partial charge on any atom is -0.490 e. The Hall–Kier alpha value is -1.22. The number of benzene rings is 1. The molecule has 0 spiro atoms. The maximum atomic E-state index is 5.72. The number of hydrogen-bond acceptors (Lipinski definition) is 3. The van der Waals surface area contributed by atoms with Crippen LogP contribution in [0.4, 0.5) is 0 Å². The molecule has 0 unspecified atom stereocenters. The minimum atomic E-state index is 0.179. The highest BCUT2D eigenvalue weighted by Gasteiger charge is 2.16. The van der Waals surface area contributed by atoms with Crippen LogP contribution in [-0.2, 0) is 6.54 Å². The summed E-state index contributed by atoms with van der Waals surface area (Å²) in [7, 11) is 0. The van der Waals surface area contributed by atoms with Crippen LogP contribution in [0.5, 0.6) is 11.5 Å². The van der Waals surface area contributed by atoms with E-state index in [-0.39, 0.29) is 5.54 Å². The van der Waals surface area contributed by atoms with E-state index < -0.39 is 0 Å². The number of nitrogens with one attached hydrogen (secondary N) is 1. The Labute approximate surface area is 116 Å². The van der Waals surface area contributed by atoms with Crippen LogP contribution < -0.4 is 14.8 Å². The minimum absolute atomic E-state index is 0.179. The van der Waals surface area contributed by atoms with Gasteiger partial charge in [0.05, 0.1) is 13.2 Å². The molecular weight excluding hydrogens is 238 g/mol. The second-order valence-corrected chi connectivity index (χ2v) is 5.82. The van der Waals surface area contributed by atoms with E-state index in [1.165, 1.54) is 18.4 Å². The van der Waals surface area contributed by atoms with Crippen molar-refractivity contribution in [1.29, 1.82) is 0 Å². The predicted molar refractivity (Wildman–Crippen MR) is 77.9 cm³/mol. The van der Waals surface area contributed by atoms with Gasteiger partial charge in [-0.05, 0) is 38.0 Å². The highest BCUT2D eigenvalue weighted by molar-refractivity contribution is 5.43. The van der Waals surface area contributed by atoms with Crippen molar-refractivity contribution in [2.45, 2.75) is 52.1 Å². The van der Waals surface area contributed by atoms with E-state index in [2.05, 4.69) is 38.2 Å². The van der Waals surface area contributed by atoms with E-state index >= 15 is 0 Å². The van der Waals surface area contributed by atoms with E-state index in [9.17, 15) is 0 Å². The van der Waals surface area contributed by atoms with Gasteiger partial charge in [-0.3, -0.25) is 0 Å². The number of rotatable bonds is 5. The van der Waals surface area contributed by atoms with Crippen LogP contribution in [0.15, 0.2) is 18.2 Å². The van der Waals surface area contributed by atoms with Crippen molar-refractivity contribution in [2.75, 3.05) is 13.2 Å². The fourth-order valence-electron chi connectivity index (χ4n) is 2.37. The molecule has 3 nitrogen and oxygen atoms in total. The molecule has 2 rings (SSSR count). The SMILES string of the molecule is CCCC(C)(C)NCc1ccc2c(c1)OCCCO2. The summed E-state index contributed by atoms with van der Waals surface area (Å²) < 4.78 is 11.4. The van der Waals surface area contributed by atoms with E-state index in [1.807, 2.05) is 6.07 Å². The van der Waals surface area contributed by atoms with Crippen LogP contribution in [0, 0.1) is 0 Å². The summed E-state index contributed by atoms with van der Waals surface area (Å²) in [4.78, 5) is 0. The largest absolute Gasteiger partial charge is 0.490 e. The highest BCUT2D eigenvalue weighted by atomic mass is 16.5. The third-order valence-corrected chi connectivity index (χ3v) is 3.46. The zero-order valence-electron chi connectivity index (χ0n) is 12.3. The van der Waals surface area contributed by atoms with Crippen LogP contribution in [0.1, 0.15) is 45.6 Å². The molecule has 0 saturated heterocycles. The number of fused-ring (bicyclic) bond motifs is 1. The van der Waals surface area contributed by atoms with Crippen molar-refractivity contribution < 1.29 is 9.47 Å². The van der Waals surface area contributed by atoms with Gasteiger partial charge in [0.2, 0.25) is 0 Å². The monoisotopic (exact) mass is 263 g/mol. The molecule has 0 aliphatic carbocycles. The maximum Gasteiger partial charge on any atom is 0.161 e. The van der Waals surface area contributed by atoms with Crippen molar-refractivity contribution in [3.05, 3.63) is 23.8 Å². The fourth-order valence-corrected chi connectivity index (χ4v) is 2.37. The molecule has 1 heterocycles. The first kappa shape index (κ1) is 14.2. The lowest BCUT2D eigenvalue weighted by Crippen LogP contribution is -2.38. The summed E-state index contributed by atoms with van der Waals surface area (Å²) in [5.41, 5.74) is 1.42. The lowest BCUT2D eigenvalue weighted by Gasteiger charge is -2.26. The van der Waals surface area contributed by atoms with E-state index in [1.54, 1.807) is 0 Å². The average Bonchev–Trinajstić information content (AvgIpc) is 2.61. The van der Waals surface area contributed by atoms with Crippen LogP contribution >= 0.6 is 0 Å². The molecule has 106 valence electrons. The van der Waals surface area contributed by atoms with Crippen LogP contribution in [0.25, 0.3) is 0 Å². The van der Waals surface area contributed by atoms with Gasteiger partial charge in [0.1, 0.15) is 0 Å². The number of ether oxygens (including phenoxy) is 2. The molecule has 1 aromatic carbocycles. The molecule has 0 bridgehead atoms. The molecule has 19 heavy (non-hydrogen) atoms. The molecule has 0 radical (unpaired) electrons. The first-order valence-electron chi connectivity index (χ1n) is 7.24. The lowest BCUT2D eigenvalue weighted by molar-refractivity contribution is 0.297. The van der Waals surface area contributed by atoms with Crippen molar-refractivity contribution in [3.63, 3.8) is 0 Å². The zero-order chi connectivity index (χ0) is 13.7. The van der Waals surface area contributed by atoms with Gasteiger partial charge in [0.15, 0.2) is 11.5 Å². The molecule has 0 saturated carbocycles. The average molecular weight is 263 g/mol. The Morgan fingerprint density at radius 1 is 1.16 bits per heavy atom. The molecular formula is C16H25NO2. The van der Waals surface area contributed by atoms with Gasteiger partial charge in [0, 0.05) is 18.5 Å². The van der Waals surface area contributed by atoms with Gasteiger partial charge in [-0.2, -0.15) is 0 Å². The summed E-state index contributed by atoms with van der Waals surface area (Å²) in [5.74, 6) is 1.75. The molecule has 0 atom stereocenters. The normalized spacial score (nSPS) is 15.1. The Balaban J connectivity index is 2.00. The van der Waals surface area contributed by atoms with Crippen molar-refractivity contribution in [1.82, 2.24) is 5.32 Å². The first-order valence-corrected chi connectivity index (χ1v) is 7.24. The molecule has 1 aliphatic rings. The molecule has 3 heteroatoms. The topological polar surface area (TPSA) is 30.5 Å². The van der Waals surface area contributed by atoms with E-state index in [0.29, 0.717) is 0 Å². The Kier molecular flexibility index (Phi) is 4.70. The van der Waals surface area contributed by atoms with Gasteiger partial charge < -0.3 is 14.8 Å². The highest BCUT2D eigenvalue weighted by Crippen LogP contribution is 2.30. The quantitative estimate of drug-likeness (QED) is 0.881. The second-order valence-electron chi connectivity index (χ2n) is 5.82. The Morgan fingerprint density at radius 2 is 1.89 bits per heavy atom. The molecule has 0 aromatic heterocycles. The van der Waals surface area contributed by atoms with Crippen LogP contribution in [-0.4, -0.2) is 18.8 Å². The summed E-state index contributed by atoms with van der Waals surface area (Å²) in [6, 6.07) is 6.22. The Bertz CT molecular complexity index is 415. The number of hydrogen-bond donors (Lipinski definition) is 1. The molecule has 1 aromatic rings. The Morgan fingerprint density at radius 3 is 2.63 bits per heavy atom. The first-order chi connectivity index (χ1) is 9.11. The third-order valence-electron chi connectivity index (χ3n) is 3.46. The van der Waals surface area contributed by atoms with Gasteiger partial charge in [-0.25, -0.2) is 0 Å². The molecule has 1 N–H and O–H groups in total. The van der Waals surface area contributed by atoms with Crippen molar-refractivity contribution in [3.8, 4) is 11.5 Å². The van der Waals surface area contributed by atoms with Gasteiger partial charge in [-0.15, -0.1) is 0 Å². The molecule has 1 aliphatic heterocycles. The maximum absolute atomic E-state index is 5.72. The smallest absolute Gasteiger partial charge is 0.161 e.